The molecule has 5 nitrogen and oxygen atoms in total. The van der Waals surface area contributed by atoms with Crippen molar-refractivity contribution in [2.75, 3.05) is 0 Å². The molecule has 0 amide bonds. The Labute approximate surface area is 319 Å². The van der Waals surface area contributed by atoms with E-state index in [1.807, 2.05) is 38.4 Å². The van der Waals surface area contributed by atoms with Crippen LogP contribution in [0.3, 0.4) is 0 Å². The zero-order valence-electron chi connectivity index (χ0n) is 30.5. The number of aryl methyl sites for hydroxylation is 2. The normalized spacial score (nSPS) is 12.8. The molecule has 0 saturated carbocycles. The van der Waals surface area contributed by atoms with Crippen LogP contribution >= 0.6 is 0 Å². The molecule has 0 aliphatic heterocycles. The van der Waals surface area contributed by atoms with E-state index in [0.29, 0.717) is 5.82 Å². The summed E-state index contributed by atoms with van der Waals surface area (Å²) in [5, 5.41) is 0. The van der Waals surface area contributed by atoms with Gasteiger partial charge < -0.3 is 0 Å². The third-order valence-corrected chi connectivity index (χ3v) is 11.3. The standard InChI is InChI=1S/C50H36N4O/c1-53-45-30-29-36(31-46(45)54(2)49(53)55)33-25-27-34(28-26-33)43-32-44(52-48(51-43)35-15-6-3-7-16-35)41-23-14-22-40-39-21-12-13-24-42(39)50(47(40)41,37-17-8-4-9-18-37)38-19-10-5-11-20-38/h3-32H,1-2H3. The third kappa shape index (κ3) is 5.04. The van der Waals surface area contributed by atoms with Crippen LogP contribution < -0.4 is 5.69 Å². The Kier molecular flexibility index (Phi) is 7.56. The van der Waals surface area contributed by atoms with E-state index in [1.54, 1.807) is 9.13 Å². The molecular formula is C50H36N4O. The Morgan fingerprint density at radius 3 is 1.69 bits per heavy atom. The summed E-state index contributed by atoms with van der Waals surface area (Å²) < 4.78 is 3.38. The molecule has 0 bridgehead atoms. The first-order valence-corrected chi connectivity index (χ1v) is 18.6. The second kappa shape index (κ2) is 12.8. The van der Waals surface area contributed by atoms with Crippen LogP contribution in [0, 0.1) is 0 Å². The fraction of sp³-hybridized carbons (Fsp3) is 0.0600. The van der Waals surface area contributed by atoms with Gasteiger partial charge in [0.25, 0.3) is 0 Å². The molecule has 0 unspecified atom stereocenters. The number of hydrogen-bond acceptors (Lipinski definition) is 3. The lowest BCUT2D eigenvalue weighted by molar-refractivity contribution is 0.769. The zero-order valence-corrected chi connectivity index (χ0v) is 30.5. The lowest BCUT2D eigenvalue weighted by Gasteiger charge is -2.35. The molecule has 55 heavy (non-hydrogen) atoms. The molecule has 2 aromatic heterocycles. The van der Waals surface area contributed by atoms with Gasteiger partial charge in [0.15, 0.2) is 5.82 Å². The highest BCUT2D eigenvalue weighted by Gasteiger charge is 2.47. The van der Waals surface area contributed by atoms with Gasteiger partial charge in [0.2, 0.25) is 0 Å². The van der Waals surface area contributed by atoms with E-state index in [4.69, 9.17) is 9.97 Å². The Morgan fingerprint density at radius 1 is 0.436 bits per heavy atom. The highest BCUT2D eigenvalue weighted by molar-refractivity contribution is 5.92. The highest BCUT2D eigenvalue weighted by Crippen LogP contribution is 2.58. The summed E-state index contributed by atoms with van der Waals surface area (Å²) in [5.41, 5.74) is 15.4. The van der Waals surface area contributed by atoms with Gasteiger partial charge in [0, 0.05) is 30.8 Å². The van der Waals surface area contributed by atoms with Gasteiger partial charge in [0.05, 0.1) is 27.8 Å². The van der Waals surface area contributed by atoms with Crippen molar-refractivity contribution in [2.45, 2.75) is 5.41 Å². The van der Waals surface area contributed by atoms with Crippen molar-refractivity contribution < 1.29 is 0 Å². The SMILES string of the molecule is Cn1c(=O)n(C)c2cc(-c3ccc(-c4cc(-c5cccc6c5C(c5ccccc5)(c5ccccc5)c5ccccc5-6)nc(-c5ccccc5)n4)cc3)ccc21. The Hall–Kier alpha value is -7.11. The van der Waals surface area contributed by atoms with Gasteiger partial charge in [-0.25, -0.2) is 14.8 Å². The first-order chi connectivity index (χ1) is 27.0. The molecule has 0 radical (unpaired) electrons. The summed E-state index contributed by atoms with van der Waals surface area (Å²) in [4.78, 5) is 23.2. The minimum absolute atomic E-state index is 0.0333. The van der Waals surface area contributed by atoms with Crippen LogP contribution in [0.2, 0.25) is 0 Å². The number of fused-ring (bicyclic) bond motifs is 4. The van der Waals surface area contributed by atoms with Gasteiger partial charge in [-0.3, -0.25) is 9.13 Å². The molecule has 1 aliphatic rings. The van der Waals surface area contributed by atoms with E-state index >= 15 is 0 Å². The Morgan fingerprint density at radius 2 is 0.982 bits per heavy atom. The summed E-state index contributed by atoms with van der Waals surface area (Å²) in [6, 6.07) is 64.3. The van der Waals surface area contributed by atoms with E-state index < -0.39 is 5.41 Å². The summed E-state index contributed by atoms with van der Waals surface area (Å²) in [6.07, 6.45) is 0. The predicted molar refractivity (Wildman–Crippen MR) is 223 cm³/mol. The highest BCUT2D eigenvalue weighted by atomic mass is 16.1. The van der Waals surface area contributed by atoms with Crippen LogP contribution in [-0.4, -0.2) is 19.1 Å². The Balaban J connectivity index is 1.18. The number of imidazole rings is 1. The Bertz CT molecular complexity index is 2910. The van der Waals surface area contributed by atoms with E-state index in [-0.39, 0.29) is 5.69 Å². The zero-order chi connectivity index (χ0) is 37.1. The molecule has 262 valence electrons. The van der Waals surface area contributed by atoms with Crippen molar-refractivity contribution in [3.63, 3.8) is 0 Å². The van der Waals surface area contributed by atoms with E-state index in [0.717, 1.165) is 50.2 Å². The first-order valence-electron chi connectivity index (χ1n) is 18.6. The largest absolute Gasteiger partial charge is 0.328 e. The smallest absolute Gasteiger partial charge is 0.295 e. The molecule has 10 rings (SSSR count). The minimum Gasteiger partial charge on any atom is -0.295 e. The molecule has 0 fully saturated rings. The lowest BCUT2D eigenvalue weighted by atomic mass is 9.66. The summed E-state index contributed by atoms with van der Waals surface area (Å²) in [7, 11) is 3.63. The summed E-state index contributed by atoms with van der Waals surface area (Å²) in [5.74, 6) is 0.672. The summed E-state index contributed by atoms with van der Waals surface area (Å²) in [6.45, 7) is 0. The van der Waals surface area contributed by atoms with Crippen molar-refractivity contribution in [2.24, 2.45) is 14.1 Å². The van der Waals surface area contributed by atoms with Gasteiger partial charge in [-0.1, -0.05) is 164 Å². The summed E-state index contributed by atoms with van der Waals surface area (Å²) >= 11 is 0. The molecule has 7 aromatic carbocycles. The van der Waals surface area contributed by atoms with Crippen molar-refractivity contribution in [3.05, 3.63) is 215 Å². The van der Waals surface area contributed by atoms with Crippen LogP contribution in [0.15, 0.2) is 187 Å². The maximum Gasteiger partial charge on any atom is 0.328 e. The van der Waals surface area contributed by atoms with Gasteiger partial charge in [0.1, 0.15) is 0 Å². The van der Waals surface area contributed by atoms with E-state index in [1.165, 1.54) is 33.4 Å². The van der Waals surface area contributed by atoms with Crippen LogP contribution in [-0.2, 0) is 19.5 Å². The lowest BCUT2D eigenvalue weighted by Crippen LogP contribution is -2.29. The van der Waals surface area contributed by atoms with Gasteiger partial charge in [-0.15, -0.1) is 0 Å². The topological polar surface area (TPSA) is 52.7 Å². The molecule has 0 N–H and O–H groups in total. The fourth-order valence-corrected chi connectivity index (χ4v) is 8.69. The second-order valence-electron chi connectivity index (χ2n) is 14.3. The molecule has 0 atom stereocenters. The molecular weight excluding hydrogens is 673 g/mol. The first kappa shape index (κ1) is 32.5. The van der Waals surface area contributed by atoms with Crippen LogP contribution in [0.5, 0.6) is 0 Å². The molecule has 9 aromatic rings. The average molecular weight is 709 g/mol. The minimum atomic E-state index is -0.575. The fourth-order valence-electron chi connectivity index (χ4n) is 8.69. The van der Waals surface area contributed by atoms with Crippen LogP contribution in [0.25, 0.3) is 67.2 Å². The van der Waals surface area contributed by atoms with Crippen molar-refractivity contribution in [1.29, 1.82) is 0 Å². The second-order valence-corrected chi connectivity index (χ2v) is 14.3. The predicted octanol–water partition coefficient (Wildman–Crippen LogP) is 10.7. The number of benzene rings is 7. The monoisotopic (exact) mass is 708 g/mol. The third-order valence-electron chi connectivity index (χ3n) is 11.3. The van der Waals surface area contributed by atoms with Crippen molar-refractivity contribution >= 4 is 11.0 Å². The maximum atomic E-state index is 12.6. The van der Waals surface area contributed by atoms with Crippen LogP contribution in [0.4, 0.5) is 0 Å². The van der Waals surface area contributed by atoms with Crippen molar-refractivity contribution in [3.8, 4) is 56.2 Å². The molecule has 0 saturated heterocycles. The number of rotatable bonds is 6. The van der Waals surface area contributed by atoms with Gasteiger partial charge in [-0.2, -0.15) is 0 Å². The molecule has 1 aliphatic carbocycles. The maximum absolute atomic E-state index is 12.6. The molecule has 5 heteroatoms. The average Bonchev–Trinajstić information content (AvgIpc) is 3.68. The molecule has 2 heterocycles. The number of hydrogen-bond donors (Lipinski definition) is 0. The van der Waals surface area contributed by atoms with E-state index in [9.17, 15) is 4.79 Å². The quantitative estimate of drug-likeness (QED) is 0.173. The number of aromatic nitrogens is 4. The van der Waals surface area contributed by atoms with Gasteiger partial charge in [-0.05, 0) is 62.7 Å². The van der Waals surface area contributed by atoms with Gasteiger partial charge >= 0.3 is 5.69 Å². The molecule has 0 spiro atoms. The van der Waals surface area contributed by atoms with Crippen LogP contribution in [0.1, 0.15) is 22.3 Å². The number of nitrogens with zero attached hydrogens (tertiary/aromatic N) is 4. The van der Waals surface area contributed by atoms with E-state index in [2.05, 4.69) is 158 Å². The van der Waals surface area contributed by atoms with Crippen molar-refractivity contribution in [1.82, 2.24) is 19.1 Å².